The lowest BCUT2D eigenvalue weighted by molar-refractivity contribution is -0.141. The normalized spacial score (nSPS) is 29.6. The third kappa shape index (κ3) is 5.00. The Hall–Kier alpha value is -1.02. The Kier molecular flexibility index (Phi) is 6.44. The molecule has 0 N–H and O–H groups in total. The monoisotopic (exact) mass is 376 g/mol. The van der Waals surface area contributed by atoms with Crippen LogP contribution in [0.5, 0.6) is 0 Å². The van der Waals surface area contributed by atoms with Gasteiger partial charge < -0.3 is 9.26 Å². The molecule has 2 unspecified atom stereocenters. The molecule has 2 aliphatic rings. The summed E-state index contributed by atoms with van der Waals surface area (Å²) in [5.74, 6) is 0.186. The fraction of sp³-hybridized carbons (Fsp3) is 0.444. The summed E-state index contributed by atoms with van der Waals surface area (Å²) in [5.41, 5.74) is 1.17. The maximum absolute atomic E-state index is 12.2. The first-order valence-electron chi connectivity index (χ1n) is 8.62. The molecule has 25 heavy (non-hydrogen) atoms. The zero-order valence-electron chi connectivity index (χ0n) is 14.3. The van der Waals surface area contributed by atoms with Gasteiger partial charge in [-0.2, -0.15) is 0 Å². The Labute approximate surface area is 153 Å². The van der Waals surface area contributed by atoms with Crippen LogP contribution in [-0.2, 0) is 25.3 Å². The highest BCUT2D eigenvalue weighted by Crippen LogP contribution is 2.50. The number of benzene rings is 1. The van der Waals surface area contributed by atoms with Crippen molar-refractivity contribution in [3.05, 3.63) is 48.0 Å². The Bertz CT molecular complexity index is 650. The molecule has 1 aromatic carbocycles. The minimum atomic E-state index is -0.574. The van der Waals surface area contributed by atoms with Crippen LogP contribution in [0.3, 0.4) is 0 Å². The summed E-state index contributed by atoms with van der Waals surface area (Å²) in [7, 11) is 4.16. The number of carbonyl (C=O) groups is 2. The smallest absolute Gasteiger partial charge is 0.306 e. The van der Waals surface area contributed by atoms with Gasteiger partial charge in [-0.3, -0.25) is 9.59 Å². The third-order valence-electron chi connectivity index (χ3n) is 4.86. The van der Waals surface area contributed by atoms with Gasteiger partial charge in [-0.1, -0.05) is 45.3 Å². The van der Waals surface area contributed by atoms with Crippen LogP contribution < -0.4 is 0 Å². The van der Waals surface area contributed by atoms with E-state index in [1.165, 1.54) is 5.56 Å². The van der Waals surface area contributed by atoms with Crippen LogP contribution in [0.15, 0.2) is 42.5 Å². The maximum Gasteiger partial charge on any atom is 0.306 e. The van der Waals surface area contributed by atoms with E-state index in [9.17, 15) is 9.59 Å². The average molecular weight is 376 g/mol. The number of rotatable bonds is 7. The van der Waals surface area contributed by atoms with Crippen LogP contribution in [0.2, 0.25) is 0 Å². The zero-order chi connectivity index (χ0) is 17.8. The number of allylic oxidation sites excluding steroid dienone is 1. The number of carbonyl (C=O) groups excluding carboxylic acids is 2. The number of esters is 1. The lowest BCUT2D eigenvalue weighted by Crippen LogP contribution is -2.19. The van der Waals surface area contributed by atoms with E-state index in [0.29, 0.717) is 12.8 Å². The maximum atomic E-state index is 12.2. The topological polar surface area (TPSA) is 52.6 Å². The van der Waals surface area contributed by atoms with Gasteiger partial charge in [0.05, 0.1) is 12.5 Å². The Morgan fingerprint density at radius 1 is 1.40 bits per heavy atom. The molecule has 1 heterocycles. The van der Waals surface area contributed by atoms with E-state index in [4.69, 9.17) is 9.26 Å². The predicted octanol–water partition coefficient (Wildman–Crippen LogP) is 2.82. The molecule has 1 saturated heterocycles. The van der Waals surface area contributed by atoms with E-state index in [2.05, 4.69) is 8.93 Å². The first kappa shape index (κ1) is 18.8. The van der Waals surface area contributed by atoms with Crippen molar-refractivity contribution in [2.75, 3.05) is 0 Å². The van der Waals surface area contributed by atoms with Crippen molar-refractivity contribution >= 4 is 36.0 Å². The first-order valence-corrected chi connectivity index (χ1v) is 11.9. The number of aryl methyl sites for hydroxylation is 1. The van der Waals surface area contributed by atoms with Gasteiger partial charge in [-0.05, 0) is 25.8 Å². The van der Waals surface area contributed by atoms with Gasteiger partial charge in [0.2, 0.25) is 0 Å². The Morgan fingerprint density at radius 2 is 2.16 bits per heavy atom. The van der Waals surface area contributed by atoms with Crippen LogP contribution in [0, 0.1) is 11.8 Å². The quantitative estimate of drug-likeness (QED) is 0.318. The van der Waals surface area contributed by atoms with Crippen LogP contribution in [0.1, 0.15) is 24.8 Å². The Balaban J connectivity index is 1.60. The number of ketones is 1. The van der Waals surface area contributed by atoms with Crippen molar-refractivity contribution in [2.24, 2.45) is 11.8 Å². The molecule has 1 aromatic rings. The minimum absolute atomic E-state index is 0.0230. The molecule has 6 atom stereocenters. The van der Waals surface area contributed by atoms with Crippen molar-refractivity contribution in [3.8, 4) is 0 Å². The number of fused-ring (bicyclic) bond motifs is 1. The minimum Gasteiger partial charge on any atom is -0.462 e. The molecule has 1 saturated carbocycles. The van der Waals surface area contributed by atoms with Gasteiger partial charge in [-0.15, -0.1) is 0 Å². The van der Waals surface area contributed by atoms with Gasteiger partial charge in [0.15, 0.2) is 13.3 Å². The predicted molar refractivity (Wildman–Crippen MR) is 105 cm³/mol. The zero-order valence-corrected chi connectivity index (χ0v) is 16.4. The molecule has 0 spiro atoms. The van der Waals surface area contributed by atoms with E-state index in [0.717, 1.165) is 12.8 Å². The van der Waals surface area contributed by atoms with Crippen molar-refractivity contribution in [3.63, 3.8) is 0 Å². The molecule has 0 radical (unpaired) electrons. The third-order valence-corrected chi connectivity index (χ3v) is 5.83. The summed E-state index contributed by atoms with van der Waals surface area (Å²) in [6, 6.07) is 10.0. The molecule has 0 bridgehead atoms. The molecular formula is C18H23BO4P2. The number of hydrogen-bond acceptors (Lipinski definition) is 4. The Morgan fingerprint density at radius 3 is 2.88 bits per heavy atom. The van der Waals surface area contributed by atoms with Gasteiger partial charge in [-0.25, -0.2) is 0 Å². The van der Waals surface area contributed by atoms with Crippen molar-refractivity contribution in [1.82, 2.24) is 0 Å². The molecular weight excluding hydrogens is 353 g/mol. The second kappa shape index (κ2) is 8.58. The van der Waals surface area contributed by atoms with Crippen LogP contribution in [-0.4, -0.2) is 31.5 Å². The molecule has 1 aliphatic carbocycles. The van der Waals surface area contributed by atoms with Gasteiger partial charge >= 0.3 is 5.97 Å². The summed E-state index contributed by atoms with van der Waals surface area (Å²) < 4.78 is 11.4. The van der Waals surface area contributed by atoms with Gasteiger partial charge in [0, 0.05) is 24.7 Å². The molecule has 3 rings (SSSR count). The summed E-state index contributed by atoms with van der Waals surface area (Å²) in [6.07, 6.45) is 5.98. The second-order valence-electron chi connectivity index (χ2n) is 6.71. The highest BCUT2D eigenvalue weighted by Gasteiger charge is 2.49. The van der Waals surface area contributed by atoms with Crippen molar-refractivity contribution < 1.29 is 18.8 Å². The van der Waals surface area contributed by atoms with Gasteiger partial charge in [0.1, 0.15) is 6.10 Å². The van der Waals surface area contributed by atoms with E-state index < -0.39 is 7.72 Å². The van der Waals surface area contributed by atoms with Crippen molar-refractivity contribution in [2.45, 2.75) is 37.9 Å². The van der Waals surface area contributed by atoms with Crippen molar-refractivity contribution in [1.29, 1.82) is 0 Å². The fourth-order valence-electron chi connectivity index (χ4n) is 3.70. The average Bonchev–Trinajstić information content (AvgIpc) is 3.07. The molecule has 2 fully saturated rings. The van der Waals surface area contributed by atoms with Gasteiger partial charge in [0.25, 0.3) is 0 Å². The largest absolute Gasteiger partial charge is 0.462 e. The van der Waals surface area contributed by atoms with E-state index in [1.54, 1.807) is 6.08 Å². The molecule has 0 amide bonds. The lowest BCUT2D eigenvalue weighted by atomic mass is 9.91. The summed E-state index contributed by atoms with van der Waals surface area (Å²) in [4.78, 5) is 23.8. The fourth-order valence-corrected chi connectivity index (χ4v) is 4.83. The van der Waals surface area contributed by atoms with Crippen LogP contribution in [0.25, 0.3) is 0 Å². The molecule has 7 heteroatoms. The highest BCUT2D eigenvalue weighted by molar-refractivity contribution is 8.23. The standard InChI is InChI=1S/C18H23BO4P2/c19-25(24)23-17-11-16-15(10-18(21)22-16)14(17)9-8-13(20)7-6-12-4-2-1-3-5-12/h1-5,8-9,14-17H,6-7,10-11,19,24H2/b9-8+/t14-,15-,16+,17-,25?/m1/s1. The first-order chi connectivity index (χ1) is 12.0. The molecule has 132 valence electrons. The summed E-state index contributed by atoms with van der Waals surface area (Å²) in [6.45, 7) is 0. The lowest BCUT2D eigenvalue weighted by Gasteiger charge is -2.22. The molecule has 0 aromatic heterocycles. The summed E-state index contributed by atoms with van der Waals surface area (Å²) >= 11 is 0. The number of ether oxygens (including phenoxy) is 1. The SMILES string of the molecule is BP(P)O[C@@H]1C[C@@H]2OC(=O)C[C@@H]2[C@H]1/C=C/C(=O)CCc1ccccc1. The van der Waals surface area contributed by atoms with E-state index in [1.807, 2.05) is 44.0 Å². The highest BCUT2D eigenvalue weighted by atomic mass is 32.0. The molecule has 1 aliphatic heterocycles. The van der Waals surface area contributed by atoms with E-state index >= 15 is 0 Å². The number of hydrogen-bond donors (Lipinski definition) is 0. The van der Waals surface area contributed by atoms with E-state index in [-0.39, 0.29) is 35.8 Å². The second-order valence-corrected chi connectivity index (χ2v) is 10.2. The summed E-state index contributed by atoms with van der Waals surface area (Å²) in [5, 5.41) is 0. The molecule has 4 nitrogen and oxygen atoms in total. The van der Waals surface area contributed by atoms with Crippen LogP contribution >= 0.6 is 16.6 Å². The van der Waals surface area contributed by atoms with Crippen LogP contribution in [0.4, 0.5) is 0 Å².